The number of H-pyrrole nitrogens is 1. The van der Waals surface area contributed by atoms with Crippen LogP contribution in [0.5, 0.6) is 5.75 Å². The molecule has 0 aliphatic heterocycles. The van der Waals surface area contributed by atoms with E-state index in [0.29, 0.717) is 0 Å². The first-order valence-electron chi connectivity index (χ1n) is 5.85. The number of pyridine rings is 1. The molecular formula is C12H17N5O. The van der Waals surface area contributed by atoms with Gasteiger partial charge < -0.3 is 10.1 Å². The smallest absolute Gasteiger partial charge is 0.146 e. The van der Waals surface area contributed by atoms with E-state index in [0.717, 1.165) is 17.1 Å². The third kappa shape index (κ3) is 2.84. The Labute approximate surface area is 106 Å². The summed E-state index contributed by atoms with van der Waals surface area (Å²) in [5, 5.41) is 9.89. The SMILES string of the molecule is CNC(c1cncc(OC(C)C)c1)c1ncn[nH]1. The molecule has 2 heterocycles. The lowest BCUT2D eigenvalue weighted by Gasteiger charge is -2.15. The first-order valence-corrected chi connectivity index (χ1v) is 5.85. The van der Waals surface area contributed by atoms with Crippen LogP contribution in [0.15, 0.2) is 24.8 Å². The minimum atomic E-state index is -0.0734. The monoisotopic (exact) mass is 247 g/mol. The molecule has 0 radical (unpaired) electrons. The van der Waals surface area contributed by atoms with Crippen molar-refractivity contribution in [3.8, 4) is 5.75 Å². The summed E-state index contributed by atoms with van der Waals surface area (Å²) in [5.41, 5.74) is 0.979. The Hall–Kier alpha value is -1.95. The highest BCUT2D eigenvalue weighted by Crippen LogP contribution is 2.21. The Morgan fingerprint density at radius 3 is 2.78 bits per heavy atom. The van der Waals surface area contributed by atoms with Gasteiger partial charge in [0.2, 0.25) is 0 Å². The zero-order valence-corrected chi connectivity index (χ0v) is 10.7. The Balaban J connectivity index is 2.26. The molecule has 96 valence electrons. The molecule has 0 bridgehead atoms. The molecule has 2 aromatic rings. The van der Waals surface area contributed by atoms with Crippen LogP contribution in [0.3, 0.4) is 0 Å². The van der Waals surface area contributed by atoms with Gasteiger partial charge in [-0.15, -0.1) is 0 Å². The van der Waals surface area contributed by atoms with Crippen molar-refractivity contribution in [3.05, 3.63) is 36.2 Å². The minimum absolute atomic E-state index is 0.0734. The number of hydrogen-bond donors (Lipinski definition) is 2. The molecule has 18 heavy (non-hydrogen) atoms. The van der Waals surface area contributed by atoms with Crippen molar-refractivity contribution in [2.75, 3.05) is 7.05 Å². The van der Waals surface area contributed by atoms with Gasteiger partial charge in [-0.05, 0) is 32.5 Å². The van der Waals surface area contributed by atoms with Gasteiger partial charge in [0.15, 0.2) is 0 Å². The lowest BCUT2D eigenvalue weighted by atomic mass is 10.1. The van der Waals surface area contributed by atoms with Gasteiger partial charge in [0.25, 0.3) is 0 Å². The van der Waals surface area contributed by atoms with E-state index in [-0.39, 0.29) is 12.1 Å². The molecule has 2 aromatic heterocycles. The molecule has 0 aromatic carbocycles. The molecule has 0 amide bonds. The van der Waals surface area contributed by atoms with Crippen LogP contribution in [0.1, 0.15) is 31.3 Å². The summed E-state index contributed by atoms with van der Waals surface area (Å²) < 4.78 is 5.63. The van der Waals surface area contributed by atoms with E-state index in [1.807, 2.05) is 27.0 Å². The van der Waals surface area contributed by atoms with Gasteiger partial charge in [-0.25, -0.2) is 4.98 Å². The quantitative estimate of drug-likeness (QED) is 0.832. The van der Waals surface area contributed by atoms with Crippen LogP contribution >= 0.6 is 0 Å². The highest BCUT2D eigenvalue weighted by atomic mass is 16.5. The summed E-state index contributed by atoms with van der Waals surface area (Å²) in [5.74, 6) is 1.50. The fourth-order valence-corrected chi connectivity index (χ4v) is 1.75. The summed E-state index contributed by atoms with van der Waals surface area (Å²) in [7, 11) is 1.86. The van der Waals surface area contributed by atoms with Gasteiger partial charge in [-0.2, -0.15) is 5.10 Å². The van der Waals surface area contributed by atoms with Crippen LogP contribution in [-0.2, 0) is 0 Å². The number of ether oxygens (including phenoxy) is 1. The molecule has 1 unspecified atom stereocenters. The predicted octanol–water partition coefficient (Wildman–Crippen LogP) is 1.30. The molecule has 0 fully saturated rings. The van der Waals surface area contributed by atoms with E-state index in [2.05, 4.69) is 25.5 Å². The normalized spacial score (nSPS) is 12.7. The maximum absolute atomic E-state index is 5.63. The first kappa shape index (κ1) is 12.5. The molecule has 0 aliphatic carbocycles. The average Bonchev–Trinajstić information content (AvgIpc) is 2.83. The van der Waals surface area contributed by atoms with E-state index < -0.39 is 0 Å². The zero-order chi connectivity index (χ0) is 13.0. The van der Waals surface area contributed by atoms with E-state index >= 15 is 0 Å². The van der Waals surface area contributed by atoms with Crippen LogP contribution in [0.25, 0.3) is 0 Å². The number of aromatic amines is 1. The lowest BCUT2D eigenvalue weighted by Crippen LogP contribution is -2.19. The predicted molar refractivity (Wildman–Crippen MR) is 67.3 cm³/mol. The molecule has 6 nitrogen and oxygen atoms in total. The highest BCUT2D eigenvalue weighted by molar-refractivity contribution is 5.29. The number of rotatable bonds is 5. The number of nitrogens with one attached hydrogen (secondary N) is 2. The van der Waals surface area contributed by atoms with Crippen LogP contribution in [0.4, 0.5) is 0 Å². The van der Waals surface area contributed by atoms with Crippen molar-refractivity contribution in [2.45, 2.75) is 26.0 Å². The largest absolute Gasteiger partial charge is 0.489 e. The van der Waals surface area contributed by atoms with E-state index in [4.69, 9.17) is 4.74 Å². The molecule has 0 saturated heterocycles. The molecule has 1 atom stereocenters. The van der Waals surface area contributed by atoms with Crippen molar-refractivity contribution in [1.29, 1.82) is 0 Å². The minimum Gasteiger partial charge on any atom is -0.489 e. The molecule has 6 heteroatoms. The summed E-state index contributed by atoms with van der Waals surface area (Å²) >= 11 is 0. The zero-order valence-electron chi connectivity index (χ0n) is 10.7. The average molecular weight is 247 g/mol. The van der Waals surface area contributed by atoms with Gasteiger partial charge in [0.1, 0.15) is 17.9 Å². The van der Waals surface area contributed by atoms with E-state index in [1.165, 1.54) is 6.33 Å². The topological polar surface area (TPSA) is 75.7 Å². The van der Waals surface area contributed by atoms with Crippen molar-refractivity contribution in [1.82, 2.24) is 25.5 Å². The Morgan fingerprint density at radius 2 is 2.17 bits per heavy atom. The van der Waals surface area contributed by atoms with Gasteiger partial charge >= 0.3 is 0 Å². The highest BCUT2D eigenvalue weighted by Gasteiger charge is 2.16. The fraction of sp³-hybridized carbons (Fsp3) is 0.417. The van der Waals surface area contributed by atoms with Crippen molar-refractivity contribution >= 4 is 0 Å². The third-order valence-electron chi connectivity index (χ3n) is 2.44. The van der Waals surface area contributed by atoms with Crippen LogP contribution < -0.4 is 10.1 Å². The number of nitrogens with zero attached hydrogens (tertiary/aromatic N) is 3. The van der Waals surface area contributed by atoms with E-state index in [1.54, 1.807) is 12.4 Å². The third-order valence-corrected chi connectivity index (χ3v) is 2.44. The molecular weight excluding hydrogens is 230 g/mol. The second kappa shape index (κ2) is 5.59. The molecule has 2 N–H and O–H groups in total. The van der Waals surface area contributed by atoms with E-state index in [9.17, 15) is 0 Å². The first-order chi connectivity index (χ1) is 8.70. The van der Waals surface area contributed by atoms with Crippen LogP contribution in [-0.4, -0.2) is 33.3 Å². The van der Waals surface area contributed by atoms with Gasteiger partial charge in [-0.1, -0.05) is 0 Å². The van der Waals surface area contributed by atoms with Gasteiger partial charge in [0, 0.05) is 6.20 Å². The summed E-state index contributed by atoms with van der Waals surface area (Å²) in [6.07, 6.45) is 5.11. The van der Waals surface area contributed by atoms with Crippen molar-refractivity contribution < 1.29 is 4.74 Å². The second-order valence-corrected chi connectivity index (χ2v) is 4.21. The summed E-state index contributed by atoms with van der Waals surface area (Å²) in [6, 6.07) is 1.88. The maximum Gasteiger partial charge on any atom is 0.146 e. The molecule has 0 aliphatic rings. The fourth-order valence-electron chi connectivity index (χ4n) is 1.75. The Morgan fingerprint density at radius 1 is 1.33 bits per heavy atom. The van der Waals surface area contributed by atoms with Crippen LogP contribution in [0, 0.1) is 0 Å². The Bertz CT molecular complexity index is 483. The summed E-state index contributed by atoms with van der Waals surface area (Å²) in [4.78, 5) is 8.35. The Kier molecular flexibility index (Phi) is 3.88. The van der Waals surface area contributed by atoms with Crippen molar-refractivity contribution in [3.63, 3.8) is 0 Å². The number of hydrogen-bond acceptors (Lipinski definition) is 5. The van der Waals surface area contributed by atoms with Crippen molar-refractivity contribution in [2.24, 2.45) is 0 Å². The maximum atomic E-state index is 5.63. The molecule has 0 spiro atoms. The molecule has 0 saturated carbocycles. The van der Waals surface area contributed by atoms with Gasteiger partial charge in [0.05, 0.1) is 18.3 Å². The molecule has 2 rings (SSSR count). The van der Waals surface area contributed by atoms with Gasteiger partial charge in [-0.3, -0.25) is 10.1 Å². The second-order valence-electron chi connectivity index (χ2n) is 4.21. The van der Waals surface area contributed by atoms with Crippen LogP contribution in [0.2, 0.25) is 0 Å². The lowest BCUT2D eigenvalue weighted by molar-refractivity contribution is 0.241. The standard InChI is InChI=1S/C12H17N5O/c1-8(2)18-10-4-9(5-14-6-10)11(13-3)12-15-7-16-17-12/h4-8,11,13H,1-3H3,(H,15,16,17). The summed E-state index contributed by atoms with van der Waals surface area (Å²) in [6.45, 7) is 3.97. The number of aromatic nitrogens is 4.